The zero-order valence-electron chi connectivity index (χ0n) is 25.0. The molecule has 0 aliphatic carbocycles. The van der Waals surface area contributed by atoms with Gasteiger partial charge in [-0.25, -0.2) is 0 Å². The molecule has 3 aliphatic rings. The van der Waals surface area contributed by atoms with Crippen LogP contribution in [0.2, 0.25) is 0 Å². The van der Waals surface area contributed by atoms with Gasteiger partial charge < -0.3 is 24.5 Å². The Morgan fingerprint density at radius 3 is 2.43 bits per heavy atom. The van der Waals surface area contributed by atoms with Crippen LogP contribution < -0.4 is 4.90 Å². The standard InChI is InChI=1S/C36H39N3O5/c1-4-19-37(22-25-11-7-6-8-12-25)33(41)30-29-17-18-36(44-29)31(30)34(42)39(24(3)23-40)32(36)35(43)38(20-5-2)28-16-15-26-13-9-10-14-27(26)21-28/h4-16,21,24,29-32,40H,1-2,17-20,22-23H2,3H3/t24-,29-,30+,31+,32?,36?/m1/s1. The molecule has 0 aromatic heterocycles. The highest BCUT2D eigenvalue weighted by Crippen LogP contribution is 2.59. The molecule has 0 radical (unpaired) electrons. The summed E-state index contributed by atoms with van der Waals surface area (Å²) in [6.45, 7) is 10.1. The van der Waals surface area contributed by atoms with E-state index in [1.165, 1.54) is 4.90 Å². The highest BCUT2D eigenvalue weighted by atomic mass is 16.5. The third-order valence-corrected chi connectivity index (χ3v) is 9.50. The van der Waals surface area contributed by atoms with Gasteiger partial charge in [-0.05, 0) is 48.2 Å². The molecule has 2 unspecified atom stereocenters. The van der Waals surface area contributed by atoms with Crippen LogP contribution >= 0.6 is 0 Å². The first kappa shape index (κ1) is 29.8. The Morgan fingerprint density at radius 1 is 1.02 bits per heavy atom. The number of nitrogens with zero attached hydrogens (tertiary/aromatic N) is 3. The van der Waals surface area contributed by atoms with Crippen LogP contribution in [0.1, 0.15) is 25.3 Å². The van der Waals surface area contributed by atoms with Gasteiger partial charge in [0, 0.05) is 25.3 Å². The van der Waals surface area contributed by atoms with Gasteiger partial charge in [0.15, 0.2) is 0 Å². The van der Waals surface area contributed by atoms with Gasteiger partial charge in [-0.3, -0.25) is 14.4 Å². The molecule has 3 aromatic rings. The number of ether oxygens (including phenoxy) is 1. The van der Waals surface area contributed by atoms with Crippen molar-refractivity contribution < 1.29 is 24.2 Å². The van der Waals surface area contributed by atoms with Crippen molar-refractivity contribution >= 4 is 34.2 Å². The average molecular weight is 594 g/mol. The molecular formula is C36H39N3O5. The van der Waals surface area contributed by atoms with Gasteiger partial charge >= 0.3 is 0 Å². The smallest absolute Gasteiger partial charge is 0.253 e. The highest BCUT2D eigenvalue weighted by molar-refractivity contribution is 6.06. The van der Waals surface area contributed by atoms with Crippen LogP contribution in [0.25, 0.3) is 10.8 Å². The molecule has 6 atom stereocenters. The summed E-state index contributed by atoms with van der Waals surface area (Å²) in [6.07, 6.45) is 3.91. The van der Waals surface area contributed by atoms with Gasteiger partial charge in [0.2, 0.25) is 11.8 Å². The van der Waals surface area contributed by atoms with E-state index >= 15 is 0 Å². The SMILES string of the molecule is C=CCN(Cc1ccccc1)C(=O)[C@@H]1[C@H]2C(=O)N([C@H](C)CO)C(C(=O)N(CC=C)c3ccc4ccccc4c3)C23CC[C@H]1O3. The third-order valence-electron chi connectivity index (χ3n) is 9.50. The molecule has 2 bridgehead atoms. The number of likely N-dealkylation sites (tertiary alicyclic amines) is 1. The maximum Gasteiger partial charge on any atom is 0.253 e. The second kappa shape index (κ2) is 12.0. The number of anilines is 1. The molecule has 3 amide bonds. The molecule has 3 aliphatic heterocycles. The lowest BCUT2D eigenvalue weighted by molar-refractivity contribution is -0.147. The summed E-state index contributed by atoms with van der Waals surface area (Å²) in [4.78, 5) is 48.3. The Kier molecular flexibility index (Phi) is 8.14. The fourth-order valence-electron chi connectivity index (χ4n) is 7.56. The molecular weight excluding hydrogens is 554 g/mol. The number of amides is 3. The van der Waals surface area contributed by atoms with E-state index in [4.69, 9.17) is 4.74 Å². The number of rotatable bonds is 11. The van der Waals surface area contributed by atoms with E-state index in [-0.39, 0.29) is 30.9 Å². The predicted octanol–water partition coefficient (Wildman–Crippen LogP) is 4.33. The van der Waals surface area contributed by atoms with E-state index in [1.807, 2.05) is 72.8 Å². The molecule has 8 nitrogen and oxygen atoms in total. The van der Waals surface area contributed by atoms with Crippen LogP contribution in [0.15, 0.2) is 98.1 Å². The Hall–Kier alpha value is -4.27. The fraction of sp³-hybridized carbons (Fsp3) is 0.361. The lowest BCUT2D eigenvalue weighted by Crippen LogP contribution is -2.58. The molecule has 8 heteroatoms. The fourth-order valence-corrected chi connectivity index (χ4v) is 7.56. The zero-order chi connectivity index (χ0) is 31.0. The molecule has 1 N–H and O–H groups in total. The number of hydrogen-bond acceptors (Lipinski definition) is 5. The lowest BCUT2D eigenvalue weighted by atomic mass is 9.70. The summed E-state index contributed by atoms with van der Waals surface area (Å²) < 4.78 is 6.67. The average Bonchev–Trinajstić information content (AvgIpc) is 3.70. The maximum atomic E-state index is 14.7. The van der Waals surface area contributed by atoms with Gasteiger partial charge in [-0.2, -0.15) is 0 Å². The van der Waals surface area contributed by atoms with E-state index in [0.29, 0.717) is 31.6 Å². The minimum Gasteiger partial charge on any atom is -0.394 e. The van der Waals surface area contributed by atoms with E-state index in [2.05, 4.69) is 13.2 Å². The van der Waals surface area contributed by atoms with Crippen LogP contribution in [-0.2, 0) is 25.7 Å². The third kappa shape index (κ3) is 4.82. The van der Waals surface area contributed by atoms with Crippen LogP contribution in [0.4, 0.5) is 5.69 Å². The van der Waals surface area contributed by atoms with E-state index in [1.54, 1.807) is 28.9 Å². The van der Waals surface area contributed by atoms with Crippen LogP contribution in [-0.4, -0.2) is 76.1 Å². The minimum absolute atomic E-state index is 0.180. The Morgan fingerprint density at radius 2 is 1.73 bits per heavy atom. The first-order valence-corrected chi connectivity index (χ1v) is 15.3. The number of hydrogen-bond donors (Lipinski definition) is 1. The number of benzene rings is 3. The molecule has 228 valence electrons. The molecule has 3 saturated heterocycles. The Balaban J connectivity index is 1.38. The summed E-state index contributed by atoms with van der Waals surface area (Å²) in [5.41, 5.74) is 0.474. The maximum absolute atomic E-state index is 14.7. The zero-order valence-corrected chi connectivity index (χ0v) is 25.0. The van der Waals surface area contributed by atoms with Crippen molar-refractivity contribution in [2.45, 2.75) is 50.1 Å². The number of aliphatic hydroxyl groups excluding tert-OH is 1. The van der Waals surface area contributed by atoms with Crippen molar-refractivity contribution in [2.24, 2.45) is 11.8 Å². The van der Waals surface area contributed by atoms with Crippen LogP contribution in [0.5, 0.6) is 0 Å². The number of carbonyl (C=O) groups excluding carboxylic acids is 3. The molecule has 6 rings (SSSR count). The van der Waals surface area contributed by atoms with E-state index in [9.17, 15) is 19.5 Å². The molecule has 3 heterocycles. The van der Waals surface area contributed by atoms with Crippen molar-refractivity contribution in [3.05, 3.63) is 104 Å². The van der Waals surface area contributed by atoms with Gasteiger partial charge in [-0.1, -0.05) is 72.8 Å². The Bertz CT molecular complexity index is 1590. The van der Waals surface area contributed by atoms with Crippen LogP contribution in [0.3, 0.4) is 0 Å². The summed E-state index contributed by atoms with van der Waals surface area (Å²) in [7, 11) is 0. The van der Waals surface area contributed by atoms with Gasteiger partial charge in [0.05, 0.1) is 30.6 Å². The molecule has 1 spiro atoms. The van der Waals surface area contributed by atoms with Crippen molar-refractivity contribution in [3.63, 3.8) is 0 Å². The van der Waals surface area contributed by atoms with E-state index < -0.39 is 35.6 Å². The van der Waals surface area contributed by atoms with E-state index in [0.717, 1.165) is 16.3 Å². The van der Waals surface area contributed by atoms with Gasteiger partial charge in [0.25, 0.3) is 5.91 Å². The summed E-state index contributed by atoms with van der Waals surface area (Å²) in [6, 6.07) is 21.8. The lowest BCUT2D eigenvalue weighted by Gasteiger charge is -2.38. The topological polar surface area (TPSA) is 90.4 Å². The van der Waals surface area contributed by atoms with Gasteiger partial charge in [-0.15, -0.1) is 13.2 Å². The van der Waals surface area contributed by atoms with Crippen molar-refractivity contribution in [1.82, 2.24) is 9.80 Å². The van der Waals surface area contributed by atoms with Gasteiger partial charge in [0.1, 0.15) is 11.6 Å². The largest absolute Gasteiger partial charge is 0.394 e. The monoisotopic (exact) mass is 593 g/mol. The van der Waals surface area contributed by atoms with Crippen molar-refractivity contribution in [3.8, 4) is 0 Å². The molecule has 0 saturated carbocycles. The highest BCUT2D eigenvalue weighted by Gasteiger charge is 2.75. The minimum atomic E-state index is -1.18. The number of aliphatic hydroxyl groups is 1. The first-order chi connectivity index (χ1) is 21.3. The first-order valence-electron chi connectivity index (χ1n) is 15.3. The molecule has 44 heavy (non-hydrogen) atoms. The number of fused-ring (bicyclic) bond motifs is 2. The van der Waals surface area contributed by atoms with Crippen molar-refractivity contribution in [1.29, 1.82) is 0 Å². The second-order valence-corrected chi connectivity index (χ2v) is 12.1. The summed E-state index contributed by atoms with van der Waals surface area (Å²) in [5, 5.41) is 12.3. The predicted molar refractivity (Wildman–Crippen MR) is 170 cm³/mol. The normalized spacial score (nSPS) is 26.0. The summed E-state index contributed by atoms with van der Waals surface area (Å²) in [5.74, 6) is -2.37. The summed E-state index contributed by atoms with van der Waals surface area (Å²) >= 11 is 0. The molecule has 3 fully saturated rings. The van der Waals surface area contributed by atoms with Crippen LogP contribution in [0, 0.1) is 11.8 Å². The second-order valence-electron chi connectivity index (χ2n) is 12.1. The Labute approximate surface area is 258 Å². The quantitative estimate of drug-likeness (QED) is 0.335. The number of carbonyl (C=O) groups is 3. The molecule has 3 aromatic carbocycles. The van der Waals surface area contributed by atoms with Crippen molar-refractivity contribution in [2.75, 3.05) is 24.6 Å².